The van der Waals surface area contributed by atoms with E-state index in [1.54, 1.807) is 72.8 Å². The van der Waals surface area contributed by atoms with Gasteiger partial charge in [0.05, 0.1) is 5.56 Å². The Morgan fingerprint density at radius 2 is 1.05 bits per heavy atom. The molecule has 4 nitrogen and oxygen atoms in total. The van der Waals surface area contributed by atoms with Crippen LogP contribution in [0.1, 0.15) is 32.6 Å². The minimum Gasteiger partial charge on any atom is -0.454 e. The second kappa shape index (κ2) is 11.7. The first kappa shape index (κ1) is 28.9. The minimum atomic E-state index is -5.47. The second-order valence-electron chi connectivity index (χ2n) is 9.94. The molecule has 0 atom stereocenters. The molecule has 0 unspecified atom stereocenters. The third kappa shape index (κ3) is 5.23. The van der Waals surface area contributed by atoms with Gasteiger partial charge in [0, 0.05) is 0 Å². The number of aryl methyl sites for hydroxylation is 1. The molecule has 42 heavy (non-hydrogen) atoms. The van der Waals surface area contributed by atoms with Crippen molar-refractivity contribution in [3.63, 3.8) is 0 Å². The average Bonchev–Trinajstić information content (AvgIpc) is 3.02. The van der Waals surface area contributed by atoms with Crippen LogP contribution in [0, 0.1) is 6.92 Å². The van der Waals surface area contributed by atoms with Crippen molar-refractivity contribution in [2.24, 2.45) is 0 Å². The molecule has 0 aromatic heterocycles. The van der Waals surface area contributed by atoms with Gasteiger partial charge in [-0.05, 0) is 46.9 Å². The Morgan fingerprint density at radius 1 is 0.619 bits per heavy atom. The van der Waals surface area contributed by atoms with Crippen molar-refractivity contribution in [3.8, 4) is 11.1 Å². The van der Waals surface area contributed by atoms with Gasteiger partial charge in [0.15, 0.2) is 11.4 Å². The summed E-state index contributed by atoms with van der Waals surface area (Å²) in [5, 5.41) is -4.46. The van der Waals surface area contributed by atoms with Gasteiger partial charge in [0.2, 0.25) is 9.84 Å². The fourth-order valence-corrected chi connectivity index (χ4v) is 7.06. The fraction of sp³-hybridized carbons (Fsp3) is 0.114. The van der Waals surface area contributed by atoms with Gasteiger partial charge in [0.25, 0.3) is 0 Å². The number of carbonyl (C=O) groups excluding carboxylic acids is 1. The van der Waals surface area contributed by atoms with E-state index in [9.17, 15) is 13.2 Å². The van der Waals surface area contributed by atoms with Gasteiger partial charge in [0.1, 0.15) is 0 Å². The van der Waals surface area contributed by atoms with E-state index in [1.165, 1.54) is 36.4 Å². The average molecular weight is 583 g/mol. The molecule has 0 amide bonds. The van der Waals surface area contributed by atoms with Crippen molar-refractivity contribution in [2.75, 3.05) is 6.61 Å². The molecule has 0 N–H and O–H groups in total. The fourth-order valence-electron chi connectivity index (χ4n) is 5.06. The summed E-state index contributed by atoms with van der Waals surface area (Å²) in [6.45, 7) is 0.174. The van der Waals surface area contributed by atoms with Crippen LogP contribution in [-0.4, -0.2) is 26.2 Å². The summed E-state index contributed by atoms with van der Waals surface area (Å²) in [5.74, 6) is -1.05. The minimum absolute atomic E-state index is 0.0267. The van der Waals surface area contributed by atoms with Gasteiger partial charge in [-0.1, -0.05) is 133 Å². The lowest BCUT2D eigenvalue weighted by Gasteiger charge is -2.37. The van der Waals surface area contributed by atoms with E-state index < -0.39 is 32.4 Å². The van der Waals surface area contributed by atoms with Crippen molar-refractivity contribution >= 4 is 15.8 Å². The van der Waals surface area contributed by atoms with Crippen LogP contribution < -0.4 is 0 Å². The number of alkyl halides is 2. The van der Waals surface area contributed by atoms with Gasteiger partial charge in [-0.3, -0.25) is 0 Å². The number of hydrogen-bond acceptors (Lipinski definition) is 4. The van der Waals surface area contributed by atoms with Crippen LogP contribution in [0.5, 0.6) is 0 Å². The standard InChI is InChI=1S/C35H28F2O4S/c1-26-17-23-32(24-18-26)35(30-13-7-3-8-14-30,31-15-9-4-10-16-31)42(39,40)34(36,37)25-41-33(38)29-21-19-28(20-22-29)27-11-5-2-6-12-27/h2-24H,25H2,1H3. The second-order valence-corrected chi connectivity index (χ2v) is 12.2. The van der Waals surface area contributed by atoms with Gasteiger partial charge in [-0.25, -0.2) is 13.2 Å². The van der Waals surface area contributed by atoms with Crippen LogP contribution in [0.15, 0.2) is 140 Å². The maximum Gasteiger partial charge on any atom is 0.380 e. The van der Waals surface area contributed by atoms with Crippen LogP contribution in [0.4, 0.5) is 8.78 Å². The Bertz CT molecular complexity index is 1720. The highest BCUT2D eigenvalue weighted by Gasteiger charge is 2.61. The summed E-state index contributed by atoms with van der Waals surface area (Å²) in [7, 11) is -5.47. The number of rotatable bonds is 9. The maximum absolute atomic E-state index is 16.1. The van der Waals surface area contributed by atoms with Crippen LogP contribution in [0.3, 0.4) is 0 Å². The van der Waals surface area contributed by atoms with Crippen molar-refractivity contribution in [1.29, 1.82) is 0 Å². The normalized spacial score (nSPS) is 12.1. The molecule has 0 saturated heterocycles. The number of benzene rings is 5. The zero-order valence-corrected chi connectivity index (χ0v) is 23.6. The smallest absolute Gasteiger partial charge is 0.380 e. The highest BCUT2D eigenvalue weighted by atomic mass is 32.2. The Hall–Kier alpha value is -4.62. The predicted molar refractivity (Wildman–Crippen MR) is 160 cm³/mol. The molecule has 0 aliphatic carbocycles. The zero-order valence-electron chi connectivity index (χ0n) is 22.8. The molecule has 0 aliphatic rings. The number of carbonyl (C=O) groups is 1. The first-order valence-corrected chi connectivity index (χ1v) is 14.8. The topological polar surface area (TPSA) is 60.4 Å². The molecule has 0 bridgehead atoms. The molecule has 0 fully saturated rings. The van der Waals surface area contributed by atoms with E-state index in [1.807, 2.05) is 37.3 Å². The largest absolute Gasteiger partial charge is 0.454 e. The van der Waals surface area contributed by atoms with Crippen molar-refractivity contribution in [3.05, 3.63) is 167 Å². The molecule has 5 aromatic rings. The molecular formula is C35H28F2O4S. The van der Waals surface area contributed by atoms with Crippen LogP contribution >= 0.6 is 0 Å². The maximum atomic E-state index is 16.1. The summed E-state index contributed by atoms with van der Waals surface area (Å²) in [6, 6.07) is 38.0. The van der Waals surface area contributed by atoms with Crippen LogP contribution in [0.2, 0.25) is 0 Å². The highest BCUT2D eigenvalue weighted by Crippen LogP contribution is 2.49. The molecule has 212 valence electrons. The van der Waals surface area contributed by atoms with Gasteiger partial charge < -0.3 is 4.74 Å². The quantitative estimate of drug-likeness (QED) is 0.131. The first-order chi connectivity index (χ1) is 20.2. The molecule has 0 aliphatic heterocycles. The van der Waals surface area contributed by atoms with E-state index in [4.69, 9.17) is 4.74 Å². The van der Waals surface area contributed by atoms with Crippen LogP contribution in [0.25, 0.3) is 11.1 Å². The van der Waals surface area contributed by atoms with Crippen molar-refractivity contribution in [1.82, 2.24) is 0 Å². The Balaban J connectivity index is 1.53. The molecule has 7 heteroatoms. The van der Waals surface area contributed by atoms with Crippen molar-refractivity contribution in [2.45, 2.75) is 16.9 Å². The summed E-state index contributed by atoms with van der Waals surface area (Å²) in [4.78, 5) is 12.8. The third-order valence-electron chi connectivity index (χ3n) is 7.21. The van der Waals surface area contributed by atoms with E-state index >= 15 is 8.78 Å². The van der Waals surface area contributed by atoms with Gasteiger partial charge >= 0.3 is 11.2 Å². The summed E-state index contributed by atoms with van der Waals surface area (Å²) >= 11 is 0. The molecule has 5 rings (SSSR count). The first-order valence-electron chi connectivity index (χ1n) is 13.3. The monoisotopic (exact) mass is 582 g/mol. The molecule has 0 spiro atoms. The number of ether oxygens (including phenoxy) is 1. The number of halogens is 2. The van der Waals surface area contributed by atoms with Gasteiger partial charge in [-0.15, -0.1) is 0 Å². The van der Waals surface area contributed by atoms with E-state index in [0.29, 0.717) is 0 Å². The summed E-state index contributed by atoms with van der Waals surface area (Å²) in [6.07, 6.45) is 0. The van der Waals surface area contributed by atoms with Crippen LogP contribution in [-0.2, 0) is 19.3 Å². The SMILES string of the molecule is Cc1ccc(C(c2ccccc2)(c2ccccc2)S(=O)(=O)C(F)(F)COC(=O)c2ccc(-c3ccccc3)cc2)cc1. The summed E-state index contributed by atoms with van der Waals surface area (Å²) in [5.41, 5.74) is 3.04. The Labute approximate surface area is 244 Å². The van der Waals surface area contributed by atoms with E-state index in [2.05, 4.69) is 0 Å². The molecule has 5 aromatic carbocycles. The molecular weight excluding hydrogens is 554 g/mol. The lowest BCUT2D eigenvalue weighted by Crippen LogP contribution is -2.49. The molecule has 0 saturated carbocycles. The molecule has 0 heterocycles. The number of hydrogen-bond donors (Lipinski definition) is 0. The molecule has 0 radical (unpaired) electrons. The number of esters is 1. The Morgan fingerprint density at radius 3 is 1.55 bits per heavy atom. The third-order valence-corrected chi connectivity index (χ3v) is 9.63. The summed E-state index contributed by atoms with van der Waals surface area (Å²) < 4.78 is 63.7. The lowest BCUT2D eigenvalue weighted by molar-refractivity contribution is -0.00620. The lowest BCUT2D eigenvalue weighted by atomic mass is 9.84. The number of sulfone groups is 1. The predicted octanol–water partition coefficient (Wildman–Crippen LogP) is 7.82. The van der Waals surface area contributed by atoms with E-state index in [0.717, 1.165) is 16.7 Å². The van der Waals surface area contributed by atoms with Crippen molar-refractivity contribution < 1.29 is 26.7 Å². The van der Waals surface area contributed by atoms with Gasteiger partial charge in [-0.2, -0.15) is 8.78 Å². The Kier molecular flexibility index (Phi) is 8.05. The van der Waals surface area contributed by atoms with E-state index in [-0.39, 0.29) is 22.3 Å². The zero-order chi connectivity index (χ0) is 29.8. The highest BCUT2D eigenvalue weighted by molar-refractivity contribution is 7.93.